The number of benzene rings is 1. The van der Waals surface area contributed by atoms with Crippen LogP contribution in [0.15, 0.2) is 24.3 Å². The number of nitriles is 1. The molecule has 2 rings (SSSR count). The van der Waals surface area contributed by atoms with Crippen LogP contribution in [-0.2, 0) is 0 Å². The maximum atomic E-state index is 9.28. The minimum Gasteiger partial charge on any atom is -0.493 e. The first kappa shape index (κ1) is 16.0. The third-order valence-electron chi connectivity index (χ3n) is 3.99. The van der Waals surface area contributed by atoms with Gasteiger partial charge in [0.15, 0.2) is 11.5 Å². The summed E-state index contributed by atoms with van der Waals surface area (Å²) >= 11 is 1.69. The molecule has 1 aliphatic heterocycles. The van der Waals surface area contributed by atoms with Crippen molar-refractivity contribution in [1.82, 2.24) is 4.90 Å². The lowest BCUT2D eigenvalue weighted by Gasteiger charge is -2.36. The molecule has 0 aromatic heterocycles. The smallest absolute Gasteiger partial charge is 0.161 e. The largest absolute Gasteiger partial charge is 0.493 e. The quantitative estimate of drug-likeness (QED) is 0.808. The van der Waals surface area contributed by atoms with Crippen molar-refractivity contribution in [3.63, 3.8) is 0 Å². The Morgan fingerprint density at radius 1 is 1.29 bits per heavy atom. The summed E-state index contributed by atoms with van der Waals surface area (Å²) in [4.78, 5) is 2.36. The lowest BCUT2D eigenvalue weighted by atomic mass is 9.97. The Morgan fingerprint density at radius 3 is 2.52 bits per heavy atom. The summed E-state index contributed by atoms with van der Waals surface area (Å²) in [5, 5.41) is 9.28. The summed E-state index contributed by atoms with van der Waals surface area (Å²) in [5.41, 5.74) is 0. The molecule has 1 heterocycles. The molecule has 5 heteroatoms. The summed E-state index contributed by atoms with van der Waals surface area (Å²) in [5.74, 6) is 1.55. The summed E-state index contributed by atoms with van der Waals surface area (Å²) in [6.07, 6.45) is 3.89. The average molecular weight is 306 g/mol. The zero-order chi connectivity index (χ0) is 15.1. The van der Waals surface area contributed by atoms with Gasteiger partial charge in [0.1, 0.15) is 11.4 Å². The fourth-order valence-corrected chi connectivity index (χ4v) is 3.20. The zero-order valence-electron chi connectivity index (χ0n) is 12.7. The lowest BCUT2D eigenvalue weighted by molar-refractivity contribution is 0.174. The number of nitrogens with zero attached hydrogens (tertiary/aromatic N) is 2. The van der Waals surface area contributed by atoms with Crippen LogP contribution in [0.5, 0.6) is 11.5 Å². The molecular weight excluding hydrogens is 284 g/mol. The standard InChI is InChI=1S/C16H22N2O2S/c1-19-14-5-3-4-6-15(14)20-12-11-18-9-7-16(13-17,21-2)8-10-18/h3-6H,7-12H2,1-2H3. The Balaban J connectivity index is 1.77. The SMILES string of the molecule is COc1ccccc1OCCN1CCC(C#N)(SC)CC1. The van der Waals surface area contributed by atoms with Crippen LogP contribution in [0, 0.1) is 11.3 Å². The first-order valence-corrected chi connectivity index (χ1v) is 8.40. The van der Waals surface area contributed by atoms with E-state index in [9.17, 15) is 5.26 Å². The molecule has 1 saturated heterocycles. The molecule has 21 heavy (non-hydrogen) atoms. The molecule has 114 valence electrons. The highest BCUT2D eigenvalue weighted by molar-refractivity contribution is 8.00. The number of hydrogen-bond acceptors (Lipinski definition) is 5. The first-order valence-electron chi connectivity index (χ1n) is 7.17. The molecule has 4 nitrogen and oxygen atoms in total. The van der Waals surface area contributed by atoms with E-state index >= 15 is 0 Å². The predicted octanol–water partition coefficient (Wildman–Crippen LogP) is 2.80. The molecule has 0 radical (unpaired) electrons. The van der Waals surface area contributed by atoms with Crippen molar-refractivity contribution in [3.05, 3.63) is 24.3 Å². The van der Waals surface area contributed by atoms with Gasteiger partial charge in [0, 0.05) is 19.6 Å². The van der Waals surface area contributed by atoms with Gasteiger partial charge in [0.25, 0.3) is 0 Å². The van der Waals surface area contributed by atoms with Crippen LogP contribution in [0.25, 0.3) is 0 Å². The third-order valence-corrected chi connectivity index (χ3v) is 5.27. The van der Waals surface area contributed by atoms with Gasteiger partial charge in [0.2, 0.25) is 0 Å². The summed E-state index contributed by atoms with van der Waals surface area (Å²) in [6, 6.07) is 10.2. The van der Waals surface area contributed by atoms with Crippen molar-refractivity contribution in [2.45, 2.75) is 17.6 Å². The van der Waals surface area contributed by atoms with Gasteiger partial charge in [-0.1, -0.05) is 12.1 Å². The van der Waals surface area contributed by atoms with E-state index in [2.05, 4.69) is 11.0 Å². The van der Waals surface area contributed by atoms with E-state index in [1.165, 1.54) is 0 Å². The average Bonchev–Trinajstić information content (AvgIpc) is 2.56. The van der Waals surface area contributed by atoms with Crippen molar-refractivity contribution in [3.8, 4) is 17.6 Å². The molecule has 0 aliphatic carbocycles. The molecule has 0 bridgehead atoms. The Morgan fingerprint density at radius 2 is 1.95 bits per heavy atom. The Hall–Kier alpha value is -1.38. The number of hydrogen-bond donors (Lipinski definition) is 0. The molecule has 1 aromatic rings. The van der Waals surface area contributed by atoms with Gasteiger partial charge in [-0.05, 0) is 31.2 Å². The van der Waals surface area contributed by atoms with Crippen LogP contribution in [0.1, 0.15) is 12.8 Å². The normalized spacial score (nSPS) is 18.0. The zero-order valence-corrected chi connectivity index (χ0v) is 13.5. The monoisotopic (exact) mass is 306 g/mol. The van der Waals surface area contributed by atoms with Crippen LogP contribution in [0.2, 0.25) is 0 Å². The first-order chi connectivity index (χ1) is 10.2. The van der Waals surface area contributed by atoms with E-state index in [1.54, 1.807) is 18.9 Å². The molecule has 0 amide bonds. The van der Waals surface area contributed by atoms with Crippen molar-refractivity contribution in [2.75, 3.05) is 39.6 Å². The van der Waals surface area contributed by atoms with Crippen molar-refractivity contribution in [2.24, 2.45) is 0 Å². The van der Waals surface area contributed by atoms with E-state index in [4.69, 9.17) is 9.47 Å². The number of para-hydroxylation sites is 2. The maximum Gasteiger partial charge on any atom is 0.161 e. The Bertz CT molecular complexity index is 493. The molecule has 1 fully saturated rings. The van der Waals surface area contributed by atoms with Crippen molar-refractivity contribution < 1.29 is 9.47 Å². The van der Waals surface area contributed by atoms with E-state index in [0.717, 1.165) is 44.0 Å². The second-order valence-electron chi connectivity index (χ2n) is 5.15. The molecule has 0 N–H and O–H groups in total. The van der Waals surface area contributed by atoms with Crippen LogP contribution in [0.4, 0.5) is 0 Å². The van der Waals surface area contributed by atoms with E-state index in [0.29, 0.717) is 6.61 Å². The van der Waals surface area contributed by atoms with Gasteiger partial charge in [-0.15, -0.1) is 11.8 Å². The molecule has 0 spiro atoms. The fourth-order valence-electron chi connectivity index (χ4n) is 2.52. The Kier molecular flexibility index (Phi) is 5.77. The Labute approximate surface area is 131 Å². The summed E-state index contributed by atoms with van der Waals surface area (Å²) in [7, 11) is 1.65. The second-order valence-corrected chi connectivity index (χ2v) is 6.34. The lowest BCUT2D eigenvalue weighted by Crippen LogP contribution is -2.43. The molecule has 1 aliphatic rings. The van der Waals surface area contributed by atoms with Crippen molar-refractivity contribution in [1.29, 1.82) is 5.26 Å². The van der Waals surface area contributed by atoms with Crippen LogP contribution < -0.4 is 9.47 Å². The second kappa shape index (κ2) is 7.58. The highest BCUT2D eigenvalue weighted by Gasteiger charge is 2.33. The fraction of sp³-hybridized carbons (Fsp3) is 0.562. The number of rotatable bonds is 6. The minimum atomic E-state index is -0.181. The number of ether oxygens (including phenoxy) is 2. The summed E-state index contributed by atoms with van der Waals surface area (Å²) < 4.78 is 10.9. The molecule has 0 saturated carbocycles. The van der Waals surface area contributed by atoms with Crippen LogP contribution >= 0.6 is 11.8 Å². The maximum absolute atomic E-state index is 9.28. The number of piperidine rings is 1. The van der Waals surface area contributed by atoms with Gasteiger partial charge >= 0.3 is 0 Å². The number of likely N-dealkylation sites (tertiary alicyclic amines) is 1. The molecular formula is C16H22N2O2S. The van der Waals surface area contributed by atoms with E-state index in [1.807, 2.05) is 30.5 Å². The van der Waals surface area contributed by atoms with Crippen molar-refractivity contribution >= 4 is 11.8 Å². The number of methoxy groups -OCH3 is 1. The third kappa shape index (κ3) is 4.05. The van der Waals surface area contributed by atoms with Gasteiger partial charge in [-0.25, -0.2) is 0 Å². The highest BCUT2D eigenvalue weighted by atomic mass is 32.2. The topological polar surface area (TPSA) is 45.5 Å². The predicted molar refractivity (Wildman–Crippen MR) is 86.0 cm³/mol. The van der Waals surface area contributed by atoms with Crippen LogP contribution in [-0.4, -0.2) is 49.3 Å². The van der Waals surface area contributed by atoms with Gasteiger partial charge < -0.3 is 9.47 Å². The van der Waals surface area contributed by atoms with E-state index < -0.39 is 0 Å². The van der Waals surface area contributed by atoms with Crippen LogP contribution in [0.3, 0.4) is 0 Å². The number of thioether (sulfide) groups is 1. The van der Waals surface area contributed by atoms with Gasteiger partial charge in [0.05, 0.1) is 13.2 Å². The van der Waals surface area contributed by atoms with Gasteiger partial charge in [-0.2, -0.15) is 5.26 Å². The highest BCUT2D eigenvalue weighted by Crippen LogP contribution is 2.33. The summed E-state index contributed by atoms with van der Waals surface area (Å²) in [6.45, 7) is 3.44. The molecule has 0 unspecified atom stereocenters. The molecule has 1 aromatic carbocycles. The molecule has 0 atom stereocenters. The van der Waals surface area contributed by atoms with Gasteiger partial charge in [-0.3, -0.25) is 4.90 Å². The van der Waals surface area contributed by atoms with E-state index in [-0.39, 0.29) is 4.75 Å². The minimum absolute atomic E-state index is 0.181.